The Morgan fingerprint density at radius 2 is 1.51 bits per heavy atom. The highest BCUT2D eigenvalue weighted by atomic mass is 35.5. The number of alkyl halides is 3. The van der Waals surface area contributed by atoms with Crippen LogP contribution in [0, 0.1) is 5.92 Å². The van der Waals surface area contributed by atoms with Gasteiger partial charge in [0.05, 0.1) is 23.2 Å². The van der Waals surface area contributed by atoms with E-state index in [0.717, 1.165) is 71.6 Å². The van der Waals surface area contributed by atoms with Gasteiger partial charge < -0.3 is 26.0 Å². The number of nitrogens with one attached hydrogen (secondary N) is 4. The first-order chi connectivity index (χ1) is 34.4. The number of hydrogen-bond donors (Lipinski definition) is 5. The summed E-state index contributed by atoms with van der Waals surface area (Å²) in [6.45, 7) is 3.12. The third-order valence-electron chi connectivity index (χ3n) is 13.5. The predicted octanol–water partition coefficient (Wildman–Crippen LogP) is 8.66. The Morgan fingerprint density at radius 1 is 0.819 bits per heavy atom. The van der Waals surface area contributed by atoms with E-state index in [1.165, 1.54) is 23.9 Å². The van der Waals surface area contributed by atoms with E-state index in [-0.39, 0.29) is 30.0 Å². The Kier molecular flexibility index (Phi) is 17.3. The largest absolute Gasteiger partial charge is 0.501 e. The highest BCUT2D eigenvalue weighted by Gasteiger charge is 2.48. The molecule has 72 heavy (non-hydrogen) atoms. The molecule has 1 aliphatic carbocycles. The number of hydrogen-bond acceptors (Lipinski definition) is 12. The molecule has 3 aliphatic rings. The number of nitrogens with zero attached hydrogens (tertiary/aromatic N) is 2. The van der Waals surface area contributed by atoms with Crippen LogP contribution in [-0.2, 0) is 24.7 Å². The number of likely N-dealkylation sites (tertiary alicyclic amines) is 1. The van der Waals surface area contributed by atoms with Crippen molar-refractivity contribution in [1.82, 2.24) is 20.3 Å². The molecule has 2 saturated heterocycles. The Balaban J connectivity index is 0.931. The van der Waals surface area contributed by atoms with Crippen LogP contribution in [0.5, 0.6) is 0 Å². The average molecular weight is 1070 g/mol. The Labute approximate surface area is 428 Å². The van der Waals surface area contributed by atoms with E-state index < -0.39 is 58.9 Å². The fraction of sp³-hybridized carbons (Fsp3) is 0.385. The lowest BCUT2D eigenvalue weighted by Crippen LogP contribution is -2.42. The highest BCUT2D eigenvalue weighted by molar-refractivity contribution is 7.99. The first-order valence-electron chi connectivity index (χ1n) is 24.0. The van der Waals surface area contributed by atoms with Crippen molar-refractivity contribution in [3.8, 4) is 11.1 Å². The van der Waals surface area contributed by atoms with Gasteiger partial charge in [-0.2, -0.15) is 13.2 Å². The summed E-state index contributed by atoms with van der Waals surface area (Å²) in [6, 6.07) is 32.8. The number of carbonyl (C=O) groups excluding carboxylic acids is 2. The van der Waals surface area contributed by atoms with E-state index in [4.69, 9.17) is 11.6 Å². The molecule has 13 nitrogen and oxygen atoms in total. The molecule has 0 bridgehead atoms. The van der Waals surface area contributed by atoms with Crippen molar-refractivity contribution in [3.05, 3.63) is 137 Å². The minimum absolute atomic E-state index is 0.0270. The molecule has 384 valence electrons. The lowest BCUT2D eigenvalue weighted by atomic mass is 9.84. The van der Waals surface area contributed by atoms with Crippen LogP contribution in [0.25, 0.3) is 11.1 Å². The number of amides is 2. The van der Waals surface area contributed by atoms with Gasteiger partial charge in [-0.25, -0.2) is 21.6 Å². The van der Waals surface area contributed by atoms with Gasteiger partial charge in [-0.1, -0.05) is 66.2 Å². The molecule has 0 spiro atoms. The molecule has 1 saturated carbocycles. The molecule has 8 rings (SSSR count). The topological polar surface area (TPSA) is 177 Å². The number of benzene rings is 5. The highest BCUT2D eigenvalue weighted by Crippen LogP contribution is 2.39. The first-order valence-corrected chi connectivity index (χ1v) is 28.4. The summed E-state index contributed by atoms with van der Waals surface area (Å²) in [5, 5.41) is 21.3. The number of carbonyl (C=O) groups is 2. The van der Waals surface area contributed by atoms with Crippen molar-refractivity contribution in [2.45, 2.75) is 89.4 Å². The van der Waals surface area contributed by atoms with Gasteiger partial charge in [0.1, 0.15) is 4.90 Å². The monoisotopic (exact) mass is 1070 g/mol. The molecule has 2 amide bonds. The second-order valence-corrected chi connectivity index (χ2v) is 23.6. The van der Waals surface area contributed by atoms with E-state index in [2.05, 4.69) is 25.8 Å². The molecular weight excluding hydrogens is 1010 g/mol. The molecule has 5 aromatic rings. The second kappa shape index (κ2) is 23.4. The van der Waals surface area contributed by atoms with Crippen LogP contribution in [0.2, 0.25) is 5.02 Å². The molecule has 5 N–H and O–H groups in total. The number of piperidine rings is 1. The summed E-state index contributed by atoms with van der Waals surface area (Å²) in [5.41, 5.74) is -2.82. The van der Waals surface area contributed by atoms with Crippen molar-refractivity contribution < 1.29 is 44.7 Å². The van der Waals surface area contributed by atoms with Crippen molar-refractivity contribution in [2.75, 3.05) is 55.2 Å². The number of sulfonamides is 1. The molecule has 5 aromatic carbocycles. The number of sulfone groups is 1. The van der Waals surface area contributed by atoms with E-state index in [1.807, 2.05) is 83.6 Å². The van der Waals surface area contributed by atoms with Crippen LogP contribution >= 0.6 is 23.4 Å². The minimum Gasteiger partial charge on any atom is -0.388 e. The maximum Gasteiger partial charge on any atom is 0.501 e. The van der Waals surface area contributed by atoms with Gasteiger partial charge in [0.25, 0.3) is 25.8 Å². The molecule has 3 atom stereocenters. The van der Waals surface area contributed by atoms with Crippen LogP contribution in [0.4, 0.5) is 24.5 Å². The zero-order valence-corrected chi connectivity index (χ0v) is 42.6. The summed E-state index contributed by atoms with van der Waals surface area (Å²) in [5.74, 6) is -0.884. The number of anilines is 2. The third-order valence-corrected chi connectivity index (χ3v) is 17.7. The van der Waals surface area contributed by atoms with Crippen molar-refractivity contribution in [2.24, 2.45) is 5.92 Å². The normalized spacial score (nSPS) is 17.8. The van der Waals surface area contributed by atoms with E-state index in [9.17, 15) is 44.7 Å². The van der Waals surface area contributed by atoms with E-state index in [0.29, 0.717) is 68.3 Å². The van der Waals surface area contributed by atoms with E-state index >= 15 is 0 Å². The van der Waals surface area contributed by atoms with Gasteiger partial charge in [0, 0.05) is 71.2 Å². The van der Waals surface area contributed by atoms with Crippen LogP contribution in [0.1, 0.15) is 67.0 Å². The SMILES string of the molecule is O=C(CNC1CC1)NCCN1CCCC1CC(CSc1ccccc1)Nc1ccc(S(=O)(=O)NC(=O)c2ccc(N3CCC([C@@H](O)c4ccccc4-c4ccc(Cl)cc4)CC3)cc2)cc1S(=O)(=O)C(F)(F)F. The van der Waals surface area contributed by atoms with Crippen LogP contribution in [-0.4, -0.2) is 107 Å². The summed E-state index contributed by atoms with van der Waals surface area (Å²) in [7, 11) is -11.0. The number of aliphatic hydroxyl groups is 1. The number of aliphatic hydroxyl groups excluding tert-OH is 1. The van der Waals surface area contributed by atoms with Crippen LogP contribution in [0.3, 0.4) is 0 Å². The fourth-order valence-corrected chi connectivity index (χ4v) is 12.5. The molecule has 0 radical (unpaired) electrons. The number of rotatable bonds is 21. The van der Waals surface area contributed by atoms with Crippen LogP contribution < -0.4 is 25.6 Å². The van der Waals surface area contributed by atoms with E-state index in [1.54, 1.807) is 12.1 Å². The summed E-state index contributed by atoms with van der Waals surface area (Å²) < 4.78 is 99.0. The van der Waals surface area contributed by atoms with Gasteiger partial charge in [0.15, 0.2) is 0 Å². The lowest BCUT2D eigenvalue weighted by molar-refractivity contribution is -0.120. The van der Waals surface area contributed by atoms with Crippen LogP contribution in [0.15, 0.2) is 136 Å². The smallest absolute Gasteiger partial charge is 0.388 e. The van der Waals surface area contributed by atoms with Gasteiger partial charge in [-0.05, 0) is 141 Å². The Hall–Kier alpha value is -5.15. The molecule has 3 fully saturated rings. The summed E-state index contributed by atoms with van der Waals surface area (Å²) in [4.78, 5) is 28.8. The molecular formula is C52H58ClF3N6O7S3. The predicted molar refractivity (Wildman–Crippen MR) is 275 cm³/mol. The third kappa shape index (κ3) is 13.5. The first kappa shape index (κ1) is 53.2. The minimum atomic E-state index is -6.13. The fourth-order valence-electron chi connectivity index (χ4n) is 9.39. The molecule has 0 aromatic heterocycles. The van der Waals surface area contributed by atoms with Crippen molar-refractivity contribution in [1.29, 1.82) is 0 Å². The standard InChI is InChI=1S/C52H58ClF3N6O7S3/c53-38-16-12-35(13-17-38)45-10-4-5-11-46(45)50(64)36-24-28-62(29-25-36)41-20-14-37(15-21-41)51(65)60-72(68,69)44-22-23-47(48(32-44)71(66,67)52(54,55)56)59-40(34-70-43-8-2-1-3-9-43)31-42-7-6-27-61(42)30-26-57-49(63)33-58-39-18-19-39/h1-5,8-17,20-23,32,36,39-40,42,50,58-59,64H,6-7,18-19,24-31,33-34H2,(H,57,63)(H,60,65)/t40?,42?,50-/m1/s1. The Morgan fingerprint density at radius 3 is 2.21 bits per heavy atom. The van der Waals surface area contributed by atoms with Crippen molar-refractivity contribution in [3.63, 3.8) is 0 Å². The zero-order valence-electron chi connectivity index (χ0n) is 39.4. The van der Waals surface area contributed by atoms with Gasteiger partial charge in [-0.3, -0.25) is 14.5 Å². The summed E-state index contributed by atoms with van der Waals surface area (Å²) >= 11 is 7.54. The second-order valence-electron chi connectivity index (χ2n) is 18.5. The lowest BCUT2D eigenvalue weighted by Gasteiger charge is -2.36. The number of halogens is 4. The summed E-state index contributed by atoms with van der Waals surface area (Å²) in [6.07, 6.45) is 4.77. The average Bonchev–Trinajstić information content (AvgIpc) is 4.11. The van der Waals surface area contributed by atoms with Gasteiger partial charge >= 0.3 is 5.51 Å². The maximum absolute atomic E-state index is 14.4. The maximum atomic E-state index is 14.4. The molecule has 20 heteroatoms. The Bertz CT molecular complexity index is 2890. The quantitative estimate of drug-likeness (QED) is 0.0443. The van der Waals surface area contributed by atoms with Crippen molar-refractivity contribution >= 4 is 66.4 Å². The molecule has 2 unspecified atom stereocenters. The van der Waals surface area contributed by atoms with Gasteiger partial charge in [0.2, 0.25) is 5.91 Å². The van der Waals surface area contributed by atoms with Gasteiger partial charge in [-0.15, -0.1) is 11.8 Å². The molecule has 2 aliphatic heterocycles. The number of thioether (sulfide) groups is 1. The molecule has 2 heterocycles. The zero-order chi connectivity index (χ0) is 51.0.